The van der Waals surface area contributed by atoms with Gasteiger partial charge in [-0.05, 0) is 23.4 Å². The Hall–Kier alpha value is -2.24. The van der Waals surface area contributed by atoms with E-state index in [1.54, 1.807) is 0 Å². The molecule has 1 aromatic heterocycles. The number of hydrogen-bond donors (Lipinski definition) is 1. The molecule has 6 heteroatoms. The molecule has 0 fully saturated rings. The highest BCUT2D eigenvalue weighted by atomic mass is 19.1. The summed E-state index contributed by atoms with van der Waals surface area (Å²) in [6, 6.07) is 2.92. The van der Waals surface area contributed by atoms with Crippen LogP contribution in [0.15, 0.2) is 29.6 Å². The molecule has 15 heavy (non-hydrogen) atoms. The second-order valence-electron chi connectivity index (χ2n) is 2.98. The van der Waals surface area contributed by atoms with Crippen molar-refractivity contribution in [3.63, 3.8) is 0 Å². The van der Waals surface area contributed by atoms with Crippen molar-refractivity contribution >= 4 is 22.6 Å². The first kappa shape index (κ1) is 9.32. The predicted octanol–water partition coefficient (Wildman–Crippen LogP) is 2.11. The standard InChI is InChI=1S/C9H6FN3O2/c10-5-1-2-8-6(3-5)7(12-15)4-13(8)9(11)14/h1-4H,(H2,11,14). The number of fused-ring (bicyclic) bond motifs is 1. The molecule has 0 atom stereocenters. The first-order valence-electron chi connectivity index (χ1n) is 4.07. The van der Waals surface area contributed by atoms with Crippen LogP contribution >= 0.6 is 0 Å². The van der Waals surface area contributed by atoms with E-state index in [9.17, 15) is 14.1 Å². The van der Waals surface area contributed by atoms with Crippen molar-refractivity contribution in [2.24, 2.45) is 10.9 Å². The Morgan fingerprint density at radius 3 is 2.80 bits per heavy atom. The van der Waals surface area contributed by atoms with E-state index < -0.39 is 11.8 Å². The molecular weight excluding hydrogens is 201 g/mol. The maximum atomic E-state index is 12.9. The minimum Gasteiger partial charge on any atom is -0.351 e. The molecule has 2 aromatic rings. The molecule has 0 unspecified atom stereocenters. The van der Waals surface area contributed by atoms with E-state index in [1.807, 2.05) is 0 Å². The van der Waals surface area contributed by atoms with Crippen molar-refractivity contribution in [1.82, 2.24) is 4.57 Å². The summed E-state index contributed by atoms with van der Waals surface area (Å²) in [5.74, 6) is -0.505. The Balaban J connectivity index is 2.86. The van der Waals surface area contributed by atoms with Crippen molar-refractivity contribution in [2.75, 3.05) is 0 Å². The number of carbonyl (C=O) groups excluding carboxylic acids is 1. The van der Waals surface area contributed by atoms with Crippen LogP contribution < -0.4 is 5.73 Å². The average molecular weight is 207 g/mol. The molecule has 0 aliphatic rings. The van der Waals surface area contributed by atoms with Crippen LogP contribution in [0.1, 0.15) is 0 Å². The zero-order chi connectivity index (χ0) is 11.0. The molecule has 2 N–H and O–H groups in total. The van der Waals surface area contributed by atoms with Gasteiger partial charge in [0.15, 0.2) is 0 Å². The van der Waals surface area contributed by atoms with E-state index in [0.29, 0.717) is 5.52 Å². The summed E-state index contributed by atoms with van der Waals surface area (Å²) in [4.78, 5) is 21.4. The fourth-order valence-electron chi connectivity index (χ4n) is 1.44. The predicted molar refractivity (Wildman–Crippen MR) is 52.3 cm³/mol. The SMILES string of the molecule is NC(=O)n1cc(N=O)c2cc(F)ccc21. The van der Waals surface area contributed by atoms with E-state index in [-0.39, 0.29) is 11.1 Å². The summed E-state index contributed by atoms with van der Waals surface area (Å²) < 4.78 is 13.9. The molecule has 0 bridgehead atoms. The highest BCUT2D eigenvalue weighted by molar-refractivity contribution is 5.98. The Kier molecular flexibility index (Phi) is 1.96. The Morgan fingerprint density at radius 2 is 2.20 bits per heavy atom. The minimum atomic E-state index is -0.749. The molecule has 5 nitrogen and oxygen atoms in total. The number of hydrogen-bond acceptors (Lipinski definition) is 3. The van der Waals surface area contributed by atoms with Crippen molar-refractivity contribution in [3.05, 3.63) is 35.1 Å². The van der Waals surface area contributed by atoms with Gasteiger partial charge >= 0.3 is 6.03 Å². The van der Waals surface area contributed by atoms with Crippen LogP contribution in [0.3, 0.4) is 0 Å². The van der Waals surface area contributed by atoms with E-state index in [4.69, 9.17) is 5.73 Å². The number of aromatic nitrogens is 1. The van der Waals surface area contributed by atoms with Crippen LogP contribution in [-0.2, 0) is 0 Å². The first-order chi connectivity index (χ1) is 7.13. The maximum Gasteiger partial charge on any atom is 0.323 e. The van der Waals surface area contributed by atoms with Gasteiger partial charge in [-0.15, -0.1) is 4.91 Å². The van der Waals surface area contributed by atoms with Gasteiger partial charge in [0.25, 0.3) is 0 Å². The van der Waals surface area contributed by atoms with Crippen molar-refractivity contribution in [1.29, 1.82) is 0 Å². The lowest BCUT2D eigenvalue weighted by Gasteiger charge is -1.97. The third-order valence-electron chi connectivity index (χ3n) is 2.08. The summed E-state index contributed by atoms with van der Waals surface area (Å²) >= 11 is 0. The van der Waals surface area contributed by atoms with E-state index >= 15 is 0 Å². The second-order valence-corrected chi connectivity index (χ2v) is 2.98. The summed E-state index contributed by atoms with van der Waals surface area (Å²) in [5, 5.41) is 2.97. The van der Waals surface area contributed by atoms with Gasteiger partial charge in [0, 0.05) is 11.6 Å². The number of carbonyl (C=O) groups is 1. The Bertz CT molecular complexity index is 562. The van der Waals surface area contributed by atoms with Crippen LogP contribution in [0.5, 0.6) is 0 Å². The summed E-state index contributed by atoms with van der Waals surface area (Å²) in [6.07, 6.45) is 1.18. The summed E-state index contributed by atoms with van der Waals surface area (Å²) in [6.45, 7) is 0. The lowest BCUT2D eigenvalue weighted by atomic mass is 10.2. The molecule has 0 spiro atoms. The number of primary amides is 1. The highest BCUT2D eigenvalue weighted by Crippen LogP contribution is 2.28. The van der Waals surface area contributed by atoms with Gasteiger partial charge in [-0.25, -0.2) is 9.18 Å². The Labute approximate surface area is 83.3 Å². The second kappa shape index (κ2) is 3.16. The summed E-state index contributed by atoms with van der Waals surface area (Å²) in [7, 11) is 0. The topological polar surface area (TPSA) is 77.5 Å². The quantitative estimate of drug-likeness (QED) is 0.727. The molecule has 0 saturated heterocycles. The summed E-state index contributed by atoms with van der Waals surface area (Å²) in [5.41, 5.74) is 5.42. The average Bonchev–Trinajstić information content (AvgIpc) is 2.55. The monoisotopic (exact) mass is 207 g/mol. The molecule has 2 rings (SSSR count). The highest BCUT2D eigenvalue weighted by Gasteiger charge is 2.12. The van der Waals surface area contributed by atoms with Crippen molar-refractivity contribution in [3.8, 4) is 0 Å². The molecule has 0 radical (unpaired) electrons. The van der Waals surface area contributed by atoms with E-state index in [1.165, 1.54) is 18.3 Å². The molecule has 0 saturated carbocycles. The molecule has 1 amide bonds. The van der Waals surface area contributed by atoms with Gasteiger partial charge in [0.1, 0.15) is 11.5 Å². The largest absolute Gasteiger partial charge is 0.351 e. The molecule has 1 heterocycles. The Morgan fingerprint density at radius 1 is 1.47 bits per heavy atom. The van der Waals surface area contributed by atoms with Gasteiger partial charge in [-0.2, -0.15) is 0 Å². The third-order valence-corrected chi connectivity index (χ3v) is 2.08. The number of nitrogens with two attached hydrogens (primary N) is 1. The van der Waals surface area contributed by atoms with Crippen LogP contribution in [0.25, 0.3) is 10.9 Å². The number of nitrogens with zero attached hydrogens (tertiary/aromatic N) is 2. The van der Waals surface area contributed by atoms with Gasteiger partial charge in [-0.3, -0.25) is 4.57 Å². The van der Waals surface area contributed by atoms with Gasteiger partial charge in [0.2, 0.25) is 0 Å². The fraction of sp³-hybridized carbons (Fsp3) is 0. The lowest BCUT2D eigenvalue weighted by molar-refractivity contribution is 0.251. The minimum absolute atomic E-state index is 0.0108. The van der Waals surface area contributed by atoms with Crippen LogP contribution in [0.2, 0.25) is 0 Å². The molecular formula is C9H6FN3O2. The maximum absolute atomic E-state index is 12.9. The number of amides is 1. The number of rotatable bonds is 1. The smallest absolute Gasteiger partial charge is 0.323 e. The fourth-order valence-corrected chi connectivity index (χ4v) is 1.44. The zero-order valence-corrected chi connectivity index (χ0v) is 7.48. The first-order valence-corrected chi connectivity index (χ1v) is 4.07. The van der Waals surface area contributed by atoms with Crippen LogP contribution in [0, 0.1) is 10.7 Å². The number of halogens is 1. The zero-order valence-electron chi connectivity index (χ0n) is 7.48. The number of nitroso groups, excluding NO2 is 1. The normalized spacial score (nSPS) is 10.5. The van der Waals surface area contributed by atoms with Gasteiger partial charge in [0.05, 0.1) is 5.52 Å². The van der Waals surface area contributed by atoms with Gasteiger partial charge < -0.3 is 5.73 Å². The molecule has 76 valence electrons. The molecule has 0 aliphatic heterocycles. The van der Waals surface area contributed by atoms with Gasteiger partial charge in [-0.1, -0.05) is 0 Å². The van der Waals surface area contributed by atoms with Crippen LogP contribution in [-0.4, -0.2) is 10.6 Å². The number of benzene rings is 1. The lowest BCUT2D eigenvalue weighted by Crippen LogP contribution is -2.17. The third kappa shape index (κ3) is 1.35. The molecule has 1 aromatic carbocycles. The van der Waals surface area contributed by atoms with E-state index in [2.05, 4.69) is 5.18 Å². The van der Waals surface area contributed by atoms with Crippen molar-refractivity contribution < 1.29 is 9.18 Å². The van der Waals surface area contributed by atoms with E-state index in [0.717, 1.165) is 10.6 Å². The molecule has 0 aliphatic carbocycles. The van der Waals surface area contributed by atoms with Crippen molar-refractivity contribution in [2.45, 2.75) is 0 Å². The van der Waals surface area contributed by atoms with Crippen LogP contribution in [0.4, 0.5) is 14.9 Å².